The number of aromatic nitrogens is 3. The van der Waals surface area contributed by atoms with E-state index in [0.29, 0.717) is 37.4 Å². The molecular formula is C33H40N6O5S. The lowest BCUT2D eigenvalue weighted by Gasteiger charge is -2.31. The smallest absolute Gasteiger partial charge is 0.352 e. The van der Waals surface area contributed by atoms with Crippen LogP contribution >= 0.6 is 0 Å². The van der Waals surface area contributed by atoms with Gasteiger partial charge in [-0.25, -0.2) is 22.7 Å². The van der Waals surface area contributed by atoms with Crippen molar-refractivity contribution >= 4 is 33.5 Å². The van der Waals surface area contributed by atoms with Gasteiger partial charge in [0.05, 0.1) is 11.4 Å². The van der Waals surface area contributed by atoms with E-state index in [0.717, 1.165) is 28.9 Å². The Hall–Kier alpha value is -4.42. The molecule has 1 aliphatic rings. The number of piperidine rings is 1. The lowest BCUT2D eigenvalue weighted by molar-refractivity contribution is 0.0685. The third-order valence-corrected chi connectivity index (χ3v) is 10.2. The zero-order chi connectivity index (χ0) is 32.5. The SMILES string of the molecule is Cc1ccc(-n2nc(C(C)(C)C)cc2NC(=O)Nc2cccc(CC3CCN(S(=O)(=O)c4ccc(C(=O)O)n4C)CC3)c2)cc1. The van der Waals surface area contributed by atoms with E-state index >= 15 is 0 Å². The summed E-state index contributed by atoms with van der Waals surface area (Å²) in [6.07, 6.45) is 2.09. The number of sulfonamides is 1. The van der Waals surface area contributed by atoms with Gasteiger partial charge >= 0.3 is 12.0 Å². The van der Waals surface area contributed by atoms with Gasteiger partial charge in [-0.05, 0) is 74.1 Å². The van der Waals surface area contributed by atoms with Crippen molar-refractivity contribution in [3.05, 3.63) is 89.2 Å². The van der Waals surface area contributed by atoms with Crippen LogP contribution in [0.25, 0.3) is 5.69 Å². The number of aromatic carboxylic acids is 1. The first-order valence-corrected chi connectivity index (χ1v) is 16.4. The Kier molecular flexibility index (Phi) is 8.90. The fourth-order valence-electron chi connectivity index (χ4n) is 5.56. The summed E-state index contributed by atoms with van der Waals surface area (Å²) in [6, 6.07) is 19.8. The number of carboxylic acids is 1. The highest BCUT2D eigenvalue weighted by molar-refractivity contribution is 7.89. The number of benzene rings is 2. The number of amides is 2. The van der Waals surface area contributed by atoms with Crippen molar-refractivity contribution in [1.29, 1.82) is 0 Å². The summed E-state index contributed by atoms with van der Waals surface area (Å²) in [5, 5.41) is 20.0. The Morgan fingerprint density at radius 3 is 2.29 bits per heavy atom. The zero-order valence-corrected chi connectivity index (χ0v) is 27.1. The maximum absolute atomic E-state index is 13.2. The van der Waals surface area contributed by atoms with Gasteiger partial charge in [-0.15, -0.1) is 0 Å². The van der Waals surface area contributed by atoms with E-state index in [1.807, 2.05) is 61.5 Å². The Labute approximate surface area is 263 Å². The van der Waals surface area contributed by atoms with Gasteiger partial charge in [0, 0.05) is 37.3 Å². The lowest BCUT2D eigenvalue weighted by atomic mass is 9.91. The van der Waals surface area contributed by atoms with Crippen LogP contribution in [0.2, 0.25) is 0 Å². The Bertz CT molecular complexity index is 1810. The lowest BCUT2D eigenvalue weighted by Crippen LogP contribution is -2.39. The van der Waals surface area contributed by atoms with E-state index < -0.39 is 16.0 Å². The van der Waals surface area contributed by atoms with E-state index in [4.69, 9.17) is 5.10 Å². The van der Waals surface area contributed by atoms with E-state index in [1.165, 1.54) is 28.1 Å². The maximum Gasteiger partial charge on any atom is 0.352 e. The Balaban J connectivity index is 1.21. The van der Waals surface area contributed by atoms with Gasteiger partial charge in [-0.2, -0.15) is 9.40 Å². The Morgan fingerprint density at radius 1 is 0.978 bits per heavy atom. The number of carbonyl (C=O) groups excluding carboxylic acids is 1. The first-order valence-electron chi connectivity index (χ1n) is 15.0. The van der Waals surface area contributed by atoms with Crippen LogP contribution in [-0.4, -0.2) is 57.3 Å². The molecule has 11 nitrogen and oxygen atoms in total. The minimum atomic E-state index is -3.81. The summed E-state index contributed by atoms with van der Waals surface area (Å²) in [5.74, 6) is -0.340. The second-order valence-corrected chi connectivity index (χ2v) is 14.5. The summed E-state index contributed by atoms with van der Waals surface area (Å²) >= 11 is 0. The van der Waals surface area contributed by atoms with E-state index in [1.54, 1.807) is 4.68 Å². The average molecular weight is 633 g/mol. The second kappa shape index (κ2) is 12.5. The van der Waals surface area contributed by atoms with Gasteiger partial charge in [-0.1, -0.05) is 50.6 Å². The van der Waals surface area contributed by atoms with Crippen molar-refractivity contribution in [2.45, 2.75) is 57.4 Å². The molecule has 2 amide bonds. The molecule has 0 atom stereocenters. The van der Waals surface area contributed by atoms with Crippen LogP contribution in [0.3, 0.4) is 0 Å². The Morgan fingerprint density at radius 2 is 1.67 bits per heavy atom. The maximum atomic E-state index is 13.2. The largest absolute Gasteiger partial charge is 0.477 e. The van der Waals surface area contributed by atoms with Crippen molar-refractivity contribution in [3.8, 4) is 5.69 Å². The minimum absolute atomic E-state index is 0.0213. The molecule has 0 spiro atoms. The quantitative estimate of drug-likeness (QED) is 0.224. The fraction of sp³-hybridized carbons (Fsp3) is 0.364. The topological polar surface area (TPSA) is 139 Å². The predicted molar refractivity (Wildman–Crippen MR) is 174 cm³/mol. The first kappa shape index (κ1) is 32.0. The normalized spacial score (nSPS) is 14.8. The van der Waals surface area contributed by atoms with Crippen molar-refractivity contribution < 1.29 is 23.1 Å². The number of nitrogens with one attached hydrogen (secondary N) is 2. The summed E-state index contributed by atoms with van der Waals surface area (Å²) in [4.78, 5) is 24.5. The number of anilines is 2. The molecule has 1 fully saturated rings. The molecule has 0 radical (unpaired) electrons. The van der Waals surface area contributed by atoms with Crippen LogP contribution in [0.1, 0.15) is 60.9 Å². The van der Waals surface area contributed by atoms with Crippen LogP contribution in [-0.2, 0) is 28.9 Å². The predicted octanol–water partition coefficient (Wildman–Crippen LogP) is 5.80. The highest BCUT2D eigenvalue weighted by Gasteiger charge is 2.32. The van der Waals surface area contributed by atoms with E-state index in [9.17, 15) is 23.1 Å². The number of rotatable bonds is 8. The van der Waals surface area contributed by atoms with E-state index in [-0.39, 0.29) is 28.1 Å². The molecule has 12 heteroatoms. The molecule has 45 heavy (non-hydrogen) atoms. The molecule has 1 aliphatic heterocycles. The standard InChI is InChI=1S/C33H40N6O5S/c1-22-9-11-26(12-10-22)39-29(21-28(36-39)33(2,3)4)35-32(42)34-25-8-6-7-24(20-25)19-23-15-17-38(18-16-23)45(43,44)30-14-13-27(31(40)41)37(30)5/h6-14,20-21,23H,15-19H2,1-5H3,(H,40,41)(H2,34,35,42). The molecule has 3 heterocycles. The molecule has 238 valence electrons. The highest BCUT2D eigenvalue weighted by Crippen LogP contribution is 2.29. The molecule has 4 aromatic rings. The molecule has 0 saturated carbocycles. The van der Waals surface area contributed by atoms with Gasteiger partial charge in [0.15, 0.2) is 5.03 Å². The van der Waals surface area contributed by atoms with Crippen LogP contribution in [0, 0.1) is 12.8 Å². The number of urea groups is 1. The van der Waals surface area contributed by atoms with E-state index in [2.05, 4.69) is 31.4 Å². The number of carboxylic acid groups (broad SMARTS) is 1. The number of carbonyl (C=O) groups is 2. The average Bonchev–Trinajstić information content (AvgIpc) is 3.58. The zero-order valence-electron chi connectivity index (χ0n) is 26.2. The van der Waals surface area contributed by atoms with Crippen molar-refractivity contribution in [2.75, 3.05) is 23.7 Å². The van der Waals surface area contributed by atoms with Crippen molar-refractivity contribution in [1.82, 2.24) is 18.7 Å². The minimum Gasteiger partial charge on any atom is -0.477 e. The molecule has 0 unspecified atom stereocenters. The van der Waals surface area contributed by atoms with Crippen LogP contribution < -0.4 is 10.6 Å². The van der Waals surface area contributed by atoms with Gasteiger partial charge < -0.3 is 15.0 Å². The summed E-state index contributed by atoms with van der Waals surface area (Å²) in [5.41, 5.74) is 4.25. The number of nitrogens with zero attached hydrogens (tertiary/aromatic N) is 4. The molecule has 2 aromatic carbocycles. The molecule has 3 N–H and O–H groups in total. The number of hydrogen-bond donors (Lipinski definition) is 3. The molecule has 2 aromatic heterocycles. The monoisotopic (exact) mass is 632 g/mol. The van der Waals surface area contributed by atoms with Crippen molar-refractivity contribution in [3.63, 3.8) is 0 Å². The summed E-state index contributed by atoms with van der Waals surface area (Å²) < 4.78 is 30.8. The molecule has 0 aliphatic carbocycles. The third kappa shape index (κ3) is 7.12. The summed E-state index contributed by atoms with van der Waals surface area (Å²) in [7, 11) is -2.35. The van der Waals surface area contributed by atoms with Crippen LogP contribution in [0.15, 0.2) is 71.8 Å². The van der Waals surface area contributed by atoms with Gasteiger partial charge in [0.25, 0.3) is 10.0 Å². The fourth-order valence-corrected chi connectivity index (χ4v) is 7.20. The molecular weight excluding hydrogens is 592 g/mol. The summed E-state index contributed by atoms with van der Waals surface area (Å²) in [6.45, 7) is 8.96. The van der Waals surface area contributed by atoms with Crippen LogP contribution in [0.4, 0.5) is 16.3 Å². The van der Waals surface area contributed by atoms with Crippen molar-refractivity contribution in [2.24, 2.45) is 13.0 Å². The number of hydrogen-bond acceptors (Lipinski definition) is 5. The van der Waals surface area contributed by atoms with Gasteiger partial charge in [-0.3, -0.25) is 5.32 Å². The van der Waals surface area contributed by atoms with Gasteiger partial charge in [0.2, 0.25) is 0 Å². The van der Waals surface area contributed by atoms with Gasteiger partial charge in [0.1, 0.15) is 11.5 Å². The highest BCUT2D eigenvalue weighted by atomic mass is 32.2. The molecule has 0 bridgehead atoms. The molecule has 5 rings (SSSR count). The second-order valence-electron chi connectivity index (χ2n) is 12.7. The first-order chi connectivity index (χ1) is 21.2. The number of aryl methyl sites for hydroxylation is 1. The van der Waals surface area contributed by atoms with Crippen LogP contribution in [0.5, 0.6) is 0 Å². The third-order valence-electron chi connectivity index (χ3n) is 8.18. The molecule has 1 saturated heterocycles.